The predicted octanol–water partition coefficient (Wildman–Crippen LogP) is 3.39. The second-order valence-electron chi connectivity index (χ2n) is 6.88. The predicted molar refractivity (Wildman–Crippen MR) is 91.9 cm³/mol. The monoisotopic (exact) mass is 299 g/mol. The minimum absolute atomic E-state index is 0.141. The number of hydrogen-bond donors (Lipinski definition) is 2. The molecule has 0 radical (unpaired) electrons. The fourth-order valence-electron chi connectivity index (χ4n) is 2.23. The zero-order valence-electron chi connectivity index (χ0n) is 13.9. The first kappa shape index (κ1) is 16.3. The third-order valence-electron chi connectivity index (χ3n) is 4.16. The summed E-state index contributed by atoms with van der Waals surface area (Å²) in [7, 11) is 0. The quantitative estimate of drug-likeness (QED) is 0.889. The summed E-state index contributed by atoms with van der Waals surface area (Å²) < 4.78 is 0. The van der Waals surface area contributed by atoms with Gasteiger partial charge in [-0.25, -0.2) is 5.10 Å². The molecule has 0 aliphatic heterocycles. The third-order valence-corrected chi connectivity index (χ3v) is 4.16. The number of benzene rings is 1. The zero-order chi connectivity index (χ0) is 16.3. The van der Waals surface area contributed by atoms with Crippen LogP contribution in [0.5, 0.6) is 0 Å². The molecule has 2 aromatic rings. The first-order valence-electron chi connectivity index (χ1n) is 7.69. The summed E-state index contributed by atoms with van der Waals surface area (Å²) in [4.78, 5) is 11.8. The van der Waals surface area contributed by atoms with Crippen LogP contribution in [0.3, 0.4) is 0 Å². The second kappa shape index (κ2) is 6.34. The number of aromatic nitrogens is 2. The van der Waals surface area contributed by atoms with Gasteiger partial charge in [0.25, 0.3) is 5.56 Å². The average Bonchev–Trinajstić information content (AvgIpc) is 2.46. The van der Waals surface area contributed by atoms with Crippen LogP contribution in [0.25, 0.3) is 10.8 Å². The lowest BCUT2D eigenvalue weighted by molar-refractivity contribution is 0.301. The average molecular weight is 299 g/mol. The maximum absolute atomic E-state index is 11.8. The number of fused-ring (bicyclic) bond motifs is 1. The molecule has 0 aliphatic carbocycles. The minimum atomic E-state index is -0.141. The van der Waals surface area contributed by atoms with Crippen molar-refractivity contribution >= 4 is 10.8 Å². The van der Waals surface area contributed by atoms with Crippen molar-refractivity contribution in [2.45, 2.75) is 46.6 Å². The van der Waals surface area contributed by atoms with Crippen molar-refractivity contribution in [2.24, 2.45) is 5.41 Å². The van der Waals surface area contributed by atoms with Gasteiger partial charge in [-0.3, -0.25) is 4.79 Å². The summed E-state index contributed by atoms with van der Waals surface area (Å²) in [5.74, 6) is 0. The Labute approximate surface area is 131 Å². The summed E-state index contributed by atoms with van der Waals surface area (Å²) in [6, 6.07) is 7.92. The Morgan fingerprint density at radius 3 is 2.59 bits per heavy atom. The minimum Gasteiger partial charge on any atom is -0.386 e. The molecule has 1 unspecified atom stereocenters. The zero-order valence-corrected chi connectivity index (χ0v) is 13.9. The molecule has 4 nitrogen and oxygen atoms in total. The van der Waals surface area contributed by atoms with Gasteiger partial charge in [0.1, 0.15) is 0 Å². The van der Waals surface area contributed by atoms with Gasteiger partial charge in [-0.05, 0) is 31.2 Å². The Hall–Kier alpha value is -2.10. The highest BCUT2D eigenvalue weighted by Crippen LogP contribution is 2.20. The fourth-order valence-corrected chi connectivity index (χ4v) is 2.23. The van der Waals surface area contributed by atoms with Gasteiger partial charge in [0.15, 0.2) is 0 Å². The van der Waals surface area contributed by atoms with Crippen molar-refractivity contribution in [1.29, 1.82) is 0 Å². The van der Waals surface area contributed by atoms with Gasteiger partial charge < -0.3 is 5.32 Å². The van der Waals surface area contributed by atoms with E-state index in [-0.39, 0.29) is 11.0 Å². The Balaban J connectivity index is 2.08. The lowest BCUT2D eigenvalue weighted by Gasteiger charge is -2.29. The molecule has 0 saturated heterocycles. The van der Waals surface area contributed by atoms with Crippen LogP contribution in [0, 0.1) is 5.41 Å². The Morgan fingerprint density at radius 1 is 1.32 bits per heavy atom. The molecule has 118 valence electrons. The molecule has 0 fully saturated rings. The molecular formula is C18H25N3O. The van der Waals surface area contributed by atoms with Crippen LogP contribution in [-0.2, 0) is 6.42 Å². The summed E-state index contributed by atoms with van der Waals surface area (Å²) in [6.45, 7) is 12.9. The molecule has 0 amide bonds. The first-order valence-corrected chi connectivity index (χ1v) is 7.69. The number of allylic oxidation sites excluding steroid dienone is 1. The van der Waals surface area contributed by atoms with Crippen molar-refractivity contribution in [3.05, 3.63) is 52.6 Å². The van der Waals surface area contributed by atoms with Gasteiger partial charge in [-0.2, -0.15) is 5.10 Å². The van der Waals surface area contributed by atoms with Gasteiger partial charge in [-0.1, -0.05) is 45.5 Å². The van der Waals surface area contributed by atoms with Gasteiger partial charge in [0.2, 0.25) is 0 Å². The number of aromatic amines is 1. The number of nitrogens with zero attached hydrogens (tertiary/aromatic N) is 1. The summed E-state index contributed by atoms with van der Waals surface area (Å²) in [6.07, 6.45) is 1.55. The largest absolute Gasteiger partial charge is 0.386 e. The van der Waals surface area contributed by atoms with E-state index in [1.165, 1.54) is 0 Å². The SMILES string of the molecule is C=C(CCc1n[nH]c(=O)c2ccccc12)NC(C)C(C)(C)C. The van der Waals surface area contributed by atoms with E-state index >= 15 is 0 Å². The van der Waals surface area contributed by atoms with E-state index in [1.807, 2.05) is 24.3 Å². The highest BCUT2D eigenvalue weighted by molar-refractivity contribution is 5.83. The van der Waals surface area contributed by atoms with E-state index in [9.17, 15) is 4.79 Å². The van der Waals surface area contributed by atoms with Crippen molar-refractivity contribution < 1.29 is 0 Å². The van der Waals surface area contributed by atoms with Crippen LogP contribution in [0.1, 0.15) is 39.8 Å². The summed E-state index contributed by atoms with van der Waals surface area (Å²) in [5.41, 5.74) is 1.95. The molecule has 4 heteroatoms. The van der Waals surface area contributed by atoms with Crippen LogP contribution in [-0.4, -0.2) is 16.2 Å². The van der Waals surface area contributed by atoms with Gasteiger partial charge in [0.05, 0.1) is 11.1 Å². The molecule has 1 aromatic heterocycles. The highest BCUT2D eigenvalue weighted by atomic mass is 16.1. The lowest BCUT2D eigenvalue weighted by atomic mass is 9.88. The van der Waals surface area contributed by atoms with E-state index in [0.717, 1.165) is 29.6 Å². The molecule has 0 bridgehead atoms. The third kappa shape index (κ3) is 3.75. The van der Waals surface area contributed by atoms with Crippen molar-refractivity contribution in [2.75, 3.05) is 0 Å². The second-order valence-corrected chi connectivity index (χ2v) is 6.88. The molecule has 1 heterocycles. The molecular weight excluding hydrogens is 274 g/mol. The Kier molecular flexibility index (Phi) is 4.69. The van der Waals surface area contributed by atoms with Crippen LogP contribution in [0.15, 0.2) is 41.3 Å². The molecule has 1 aromatic carbocycles. The molecule has 0 aliphatic rings. The number of rotatable bonds is 5. The summed E-state index contributed by atoms with van der Waals surface area (Å²) >= 11 is 0. The standard InChI is InChI=1S/C18H25N3O/c1-12(19-13(2)18(3,4)5)10-11-16-14-8-6-7-9-15(14)17(22)21-20-16/h6-9,13,19H,1,10-11H2,2-5H3,(H,21,22). The number of aryl methyl sites for hydroxylation is 1. The first-order chi connectivity index (χ1) is 10.3. The molecule has 0 saturated carbocycles. The van der Waals surface area contributed by atoms with E-state index in [1.54, 1.807) is 0 Å². The smallest absolute Gasteiger partial charge is 0.272 e. The maximum atomic E-state index is 11.8. The number of H-pyrrole nitrogens is 1. The lowest BCUT2D eigenvalue weighted by Crippen LogP contribution is -2.36. The maximum Gasteiger partial charge on any atom is 0.272 e. The number of nitrogens with one attached hydrogen (secondary N) is 2. The highest BCUT2D eigenvalue weighted by Gasteiger charge is 2.19. The molecule has 22 heavy (non-hydrogen) atoms. The van der Waals surface area contributed by atoms with Gasteiger partial charge >= 0.3 is 0 Å². The van der Waals surface area contributed by atoms with Crippen LogP contribution in [0.2, 0.25) is 0 Å². The van der Waals surface area contributed by atoms with E-state index < -0.39 is 0 Å². The summed E-state index contributed by atoms with van der Waals surface area (Å²) in [5, 5.41) is 11.8. The Bertz CT molecular complexity index is 725. The van der Waals surface area contributed by atoms with Gasteiger partial charge in [-0.15, -0.1) is 0 Å². The topological polar surface area (TPSA) is 57.8 Å². The van der Waals surface area contributed by atoms with Crippen molar-refractivity contribution in [1.82, 2.24) is 15.5 Å². The number of hydrogen-bond acceptors (Lipinski definition) is 3. The van der Waals surface area contributed by atoms with Crippen LogP contribution in [0.4, 0.5) is 0 Å². The van der Waals surface area contributed by atoms with Crippen LogP contribution >= 0.6 is 0 Å². The molecule has 1 atom stereocenters. The van der Waals surface area contributed by atoms with Crippen molar-refractivity contribution in [3.8, 4) is 0 Å². The van der Waals surface area contributed by atoms with E-state index in [2.05, 4.69) is 49.8 Å². The normalized spacial score (nSPS) is 13.1. The van der Waals surface area contributed by atoms with Gasteiger partial charge in [0, 0.05) is 17.1 Å². The molecule has 2 N–H and O–H groups in total. The van der Waals surface area contributed by atoms with E-state index in [0.29, 0.717) is 11.4 Å². The molecule has 2 rings (SSSR count). The van der Waals surface area contributed by atoms with Crippen LogP contribution < -0.4 is 10.9 Å². The molecule has 0 spiro atoms. The van der Waals surface area contributed by atoms with Crippen molar-refractivity contribution in [3.63, 3.8) is 0 Å². The Morgan fingerprint density at radius 2 is 1.95 bits per heavy atom. The fraction of sp³-hybridized carbons (Fsp3) is 0.444. The van der Waals surface area contributed by atoms with E-state index in [4.69, 9.17) is 0 Å².